The van der Waals surface area contributed by atoms with E-state index in [1.807, 2.05) is 7.05 Å². The molecule has 1 atom stereocenters. The monoisotopic (exact) mass is 331 g/mol. The number of aryl methyl sites for hydroxylation is 1. The van der Waals surface area contributed by atoms with E-state index < -0.39 is 0 Å². The van der Waals surface area contributed by atoms with Gasteiger partial charge in [-0.05, 0) is 29.3 Å². The molecule has 1 aromatic heterocycles. The number of carbonyl (C=O) groups excluding carboxylic acids is 1. The van der Waals surface area contributed by atoms with E-state index in [2.05, 4.69) is 25.9 Å². The van der Waals surface area contributed by atoms with Gasteiger partial charge < -0.3 is 14.4 Å². The normalized spacial score (nSPS) is 18.9. The van der Waals surface area contributed by atoms with E-state index in [0.717, 1.165) is 25.3 Å². The van der Waals surface area contributed by atoms with E-state index in [1.54, 1.807) is 18.7 Å². The van der Waals surface area contributed by atoms with Gasteiger partial charge in [0.2, 0.25) is 0 Å². The van der Waals surface area contributed by atoms with Crippen molar-refractivity contribution < 1.29 is 14.3 Å². The molecule has 0 spiro atoms. The van der Waals surface area contributed by atoms with Gasteiger partial charge >= 0.3 is 5.97 Å². The second-order valence-electron chi connectivity index (χ2n) is 4.43. The summed E-state index contributed by atoms with van der Waals surface area (Å²) in [7, 11) is 3.53. The number of methoxy groups -OCH3 is 1. The first-order valence-electron chi connectivity index (χ1n) is 6.25. The summed E-state index contributed by atoms with van der Waals surface area (Å²) in [6.07, 6.45) is 1.14. The molecule has 19 heavy (non-hydrogen) atoms. The highest BCUT2D eigenvalue weighted by molar-refractivity contribution is 9.10. The molecule has 6 nitrogen and oxygen atoms in total. The highest BCUT2D eigenvalue weighted by Crippen LogP contribution is 2.30. The summed E-state index contributed by atoms with van der Waals surface area (Å²) in [6, 6.07) is 0. The first-order chi connectivity index (χ1) is 9.08. The van der Waals surface area contributed by atoms with Crippen LogP contribution in [-0.4, -0.2) is 48.7 Å². The third-order valence-electron chi connectivity index (χ3n) is 3.23. The molecule has 0 unspecified atom stereocenters. The van der Waals surface area contributed by atoms with E-state index in [1.165, 1.54) is 0 Å². The fraction of sp³-hybridized carbons (Fsp3) is 0.667. The van der Waals surface area contributed by atoms with Crippen molar-refractivity contribution in [3.8, 4) is 0 Å². The standard InChI is InChI=1S/C12H18BrN3O3/c1-4-19-12(17)9-10(13)14-15(2)11(9)16-6-5-8(7-16)18-3/h8H,4-7H2,1-3H3/t8-/m0/s1. The molecule has 0 aliphatic carbocycles. The van der Waals surface area contributed by atoms with Gasteiger partial charge in [0.1, 0.15) is 16.0 Å². The summed E-state index contributed by atoms with van der Waals surface area (Å²) in [6.45, 7) is 3.74. The average molecular weight is 332 g/mol. The van der Waals surface area contributed by atoms with Crippen LogP contribution in [0.3, 0.4) is 0 Å². The number of hydrogen-bond donors (Lipinski definition) is 0. The molecule has 106 valence electrons. The predicted octanol–water partition coefficient (Wildman–Crippen LogP) is 1.58. The zero-order valence-corrected chi connectivity index (χ0v) is 12.9. The van der Waals surface area contributed by atoms with Gasteiger partial charge in [0.05, 0.1) is 12.7 Å². The minimum atomic E-state index is -0.349. The predicted molar refractivity (Wildman–Crippen MR) is 74.5 cm³/mol. The zero-order chi connectivity index (χ0) is 14.0. The Morgan fingerprint density at radius 1 is 1.58 bits per heavy atom. The lowest BCUT2D eigenvalue weighted by Gasteiger charge is -2.19. The summed E-state index contributed by atoms with van der Waals surface area (Å²) in [4.78, 5) is 14.2. The van der Waals surface area contributed by atoms with Gasteiger partial charge in [0, 0.05) is 27.2 Å². The molecular weight excluding hydrogens is 314 g/mol. The lowest BCUT2D eigenvalue weighted by atomic mass is 10.3. The number of esters is 1. The summed E-state index contributed by atoms with van der Waals surface area (Å²) in [5.74, 6) is 0.434. The Balaban J connectivity index is 2.32. The van der Waals surface area contributed by atoms with Crippen LogP contribution in [0.1, 0.15) is 23.7 Å². The molecule has 1 aromatic rings. The van der Waals surface area contributed by atoms with Crippen LogP contribution in [-0.2, 0) is 16.5 Å². The first kappa shape index (κ1) is 14.3. The molecule has 2 rings (SSSR count). The maximum absolute atomic E-state index is 12.0. The molecule has 0 N–H and O–H groups in total. The van der Waals surface area contributed by atoms with E-state index >= 15 is 0 Å². The van der Waals surface area contributed by atoms with E-state index in [9.17, 15) is 4.79 Å². The fourth-order valence-corrected chi connectivity index (χ4v) is 2.91. The molecule has 0 saturated carbocycles. The molecule has 1 fully saturated rings. The number of ether oxygens (including phenoxy) is 2. The van der Waals surface area contributed by atoms with Gasteiger partial charge in [-0.25, -0.2) is 4.79 Å². The van der Waals surface area contributed by atoms with Crippen LogP contribution in [0.5, 0.6) is 0 Å². The topological polar surface area (TPSA) is 56.6 Å². The number of nitrogens with zero attached hydrogens (tertiary/aromatic N) is 3. The van der Waals surface area contributed by atoms with Crippen LogP contribution in [0, 0.1) is 0 Å². The van der Waals surface area contributed by atoms with Crippen molar-refractivity contribution >= 4 is 27.7 Å². The third-order valence-corrected chi connectivity index (χ3v) is 3.79. The Hall–Kier alpha value is -1.08. The molecule has 1 saturated heterocycles. The number of carbonyl (C=O) groups is 1. The zero-order valence-electron chi connectivity index (χ0n) is 11.4. The van der Waals surface area contributed by atoms with E-state index in [4.69, 9.17) is 9.47 Å². The molecular formula is C12H18BrN3O3. The van der Waals surface area contributed by atoms with Crippen LogP contribution in [0.15, 0.2) is 4.60 Å². The van der Waals surface area contributed by atoms with Crippen LogP contribution < -0.4 is 4.90 Å². The second-order valence-corrected chi connectivity index (χ2v) is 5.18. The second kappa shape index (κ2) is 5.92. The van der Waals surface area contributed by atoms with Crippen molar-refractivity contribution in [2.24, 2.45) is 7.05 Å². The highest BCUT2D eigenvalue weighted by atomic mass is 79.9. The molecule has 2 heterocycles. The highest BCUT2D eigenvalue weighted by Gasteiger charge is 2.31. The summed E-state index contributed by atoms with van der Waals surface area (Å²) >= 11 is 3.33. The lowest BCUT2D eigenvalue weighted by molar-refractivity contribution is 0.0526. The van der Waals surface area contributed by atoms with Gasteiger partial charge in [0.15, 0.2) is 0 Å². The number of anilines is 1. The van der Waals surface area contributed by atoms with E-state index in [0.29, 0.717) is 16.8 Å². The van der Waals surface area contributed by atoms with Crippen molar-refractivity contribution in [2.45, 2.75) is 19.4 Å². The average Bonchev–Trinajstić information content (AvgIpc) is 2.93. The van der Waals surface area contributed by atoms with Gasteiger partial charge in [-0.15, -0.1) is 0 Å². The maximum atomic E-state index is 12.0. The number of rotatable bonds is 4. The largest absolute Gasteiger partial charge is 0.462 e. The fourth-order valence-electron chi connectivity index (χ4n) is 2.34. The number of halogens is 1. The summed E-state index contributed by atoms with van der Waals surface area (Å²) in [5, 5.41) is 4.26. The van der Waals surface area contributed by atoms with Gasteiger partial charge in [-0.2, -0.15) is 5.10 Å². The molecule has 1 aliphatic heterocycles. The van der Waals surface area contributed by atoms with Crippen molar-refractivity contribution in [1.82, 2.24) is 9.78 Å². The minimum absolute atomic E-state index is 0.198. The smallest absolute Gasteiger partial charge is 0.344 e. The molecule has 7 heteroatoms. The van der Waals surface area contributed by atoms with Gasteiger partial charge in [-0.3, -0.25) is 4.68 Å². The Kier molecular flexibility index (Phi) is 4.46. The number of aromatic nitrogens is 2. The third kappa shape index (κ3) is 2.76. The summed E-state index contributed by atoms with van der Waals surface area (Å²) < 4.78 is 12.7. The van der Waals surface area contributed by atoms with Crippen molar-refractivity contribution in [2.75, 3.05) is 31.7 Å². The van der Waals surface area contributed by atoms with Crippen LogP contribution in [0.25, 0.3) is 0 Å². The lowest BCUT2D eigenvalue weighted by Crippen LogP contribution is -2.26. The summed E-state index contributed by atoms with van der Waals surface area (Å²) in [5.41, 5.74) is 0.487. The Bertz CT molecular complexity index is 475. The van der Waals surface area contributed by atoms with Crippen molar-refractivity contribution in [3.05, 3.63) is 10.2 Å². The molecule has 1 aliphatic rings. The molecule has 0 radical (unpaired) electrons. The Morgan fingerprint density at radius 3 is 2.89 bits per heavy atom. The first-order valence-corrected chi connectivity index (χ1v) is 7.05. The van der Waals surface area contributed by atoms with Crippen molar-refractivity contribution in [3.63, 3.8) is 0 Å². The molecule has 0 bridgehead atoms. The van der Waals surface area contributed by atoms with Crippen LogP contribution in [0.2, 0.25) is 0 Å². The number of hydrogen-bond acceptors (Lipinski definition) is 5. The maximum Gasteiger partial charge on any atom is 0.344 e. The Labute approximate surface area is 120 Å². The minimum Gasteiger partial charge on any atom is -0.462 e. The molecule has 0 aromatic carbocycles. The van der Waals surface area contributed by atoms with Gasteiger partial charge in [-0.1, -0.05) is 0 Å². The Morgan fingerprint density at radius 2 is 2.32 bits per heavy atom. The SMILES string of the molecule is CCOC(=O)c1c(Br)nn(C)c1N1CC[C@H](OC)C1. The van der Waals surface area contributed by atoms with E-state index in [-0.39, 0.29) is 12.1 Å². The quantitative estimate of drug-likeness (QED) is 0.784. The van der Waals surface area contributed by atoms with Crippen molar-refractivity contribution in [1.29, 1.82) is 0 Å². The van der Waals surface area contributed by atoms with Gasteiger partial charge in [0.25, 0.3) is 0 Å². The van der Waals surface area contributed by atoms with Crippen LogP contribution >= 0.6 is 15.9 Å². The van der Waals surface area contributed by atoms with Crippen LogP contribution in [0.4, 0.5) is 5.82 Å². The molecule has 0 amide bonds.